The monoisotopic (exact) mass is 279 g/mol. The lowest BCUT2D eigenvalue weighted by molar-refractivity contribution is 0.314. The number of hydrogen-bond donors (Lipinski definition) is 0. The van der Waals surface area contributed by atoms with Crippen LogP contribution in [-0.2, 0) is 10.0 Å². The molecule has 0 bridgehead atoms. The van der Waals surface area contributed by atoms with Crippen LogP contribution in [0.1, 0.15) is 44.1 Å². The second-order valence-electron chi connectivity index (χ2n) is 5.82. The maximum Gasteiger partial charge on any atom is 0.243 e. The van der Waals surface area contributed by atoms with Crippen LogP contribution in [0, 0.1) is 6.92 Å². The van der Waals surface area contributed by atoms with E-state index in [-0.39, 0.29) is 12.1 Å². The van der Waals surface area contributed by atoms with E-state index in [0.717, 1.165) is 44.1 Å². The van der Waals surface area contributed by atoms with Gasteiger partial charge in [0, 0.05) is 12.1 Å². The van der Waals surface area contributed by atoms with E-state index in [4.69, 9.17) is 0 Å². The third-order valence-corrected chi connectivity index (χ3v) is 6.16. The molecule has 2 fully saturated rings. The van der Waals surface area contributed by atoms with Gasteiger partial charge in [-0.05, 0) is 50.3 Å². The Morgan fingerprint density at radius 2 is 1.68 bits per heavy atom. The molecule has 4 heteroatoms. The van der Waals surface area contributed by atoms with Crippen molar-refractivity contribution in [2.24, 2.45) is 0 Å². The third-order valence-electron chi connectivity index (χ3n) is 4.16. The van der Waals surface area contributed by atoms with Crippen molar-refractivity contribution >= 4 is 10.0 Å². The molecular formula is C15H21NO2S. The van der Waals surface area contributed by atoms with Crippen molar-refractivity contribution in [2.75, 3.05) is 0 Å². The summed E-state index contributed by atoms with van der Waals surface area (Å²) in [5.41, 5.74) is 1.00. The molecule has 0 heterocycles. The molecule has 0 spiro atoms. The van der Waals surface area contributed by atoms with E-state index in [1.807, 2.05) is 23.4 Å². The van der Waals surface area contributed by atoms with Crippen molar-refractivity contribution in [3.8, 4) is 0 Å². The minimum Gasteiger partial charge on any atom is -0.207 e. The first-order valence-electron chi connectivity index (χ1n) is 7.19. The molecule has 0 radical (unpaired) electrons. The summed E-state index contributed by atoms with van der Waals surface area (Å²) in [6.45, 7) is 1.94. The topological polar surface area (TPSA) is 37.4 Å². The number of aryl methyl sites for hydroxylation is 1. The standard InChI is InChI=1S/C15H21NO2S/c1-12-5-4-8-15(11-12)19(17,18)16(14-9-10-14)13-6-2-3-7-13/h4-5,8,11,13-14H,2-3,6-7,9-10H2,1H3. The third kappa shape index (κ3) is 2.56. The summed E-state index contributed by atoms with van der Waals surface area (Å²) in [6, 6.07) is 7.79. The minimum atomic E-state index is -3.31. The van der Waals surface area contributed by atoms with Crippen molar-refractivity contribution in [2.45, 2.75) is 62.4 Å². The average Bonchev–Trinajstić information content (AvgIpc) is 3.04. The zero-order valence-electron chi connectivity index (χ0n) is 11.4. The Bertz CT molecular complexity index is 557. The molecule has 0 unspecified atom stereocenters. The van der Waals surface area contributed by atoms with E-state index in [1.165, 1.54) is 0 Å². The molecule has 2 aliphatic rings. The SMILES string of the molecule is Cc1cccc(S(=O)(=O)N(C2CCCC2)C2CC2)c1. The van der Waals surface area contributed by atoms with Crippen molar-refractivity contribution in [1.82, 2.24) is 4.31 Å². The van der Waals surface area contributed by atoms with Crippen LogP contribution in [0.2, 0.25) is 0 Å². The Morgan fingerprint density at radius 3 is 2.26 bits per heavy atom. The zero-order chi connectivity index (χ0) is 13.5. The first-order valence-corrected chi connectivity index (χ1v) is 8.63. The van der Waals surface area contributed by atoms with Crippen LogP contribution in [-0.4, -0.2) is 24.8 Å². The lowest BCUT2D eigenvalue weighted by Crippen LogP contribution is -2.40. The number of nitrogens with zero attached hydrogens (tertiary/aromatic N) is 1. The molecule has 3 rings (SSSR count). The van der Waals surface area contributed by atoms with E-state index in [1.54, 1.807) is 12.1 Å². The maximum absolute atomic E-state index is 12.9. The molecule has 0 saturated heterocycles. The van der Waals surface area contributed by atoms with Gasteiger partial charge >= 0.3 is 0 Å². The van der Waals surface area contributed by atoms with Gasteiger partial charge in [0.25, 0.3) is 0 Å². The van der Waals surface area contributed by atoms with Crippen LogP contribution in [0.25, 0.3) is 0 Å². The van der Waals surface area contributed by atoms with Crippen LogP contribution < -0.4 is 0 Å². The van der Waals surface area contributed by atoms with Gasteiger partial charge in [-0.3, -0.25) is 0 Å². The van der Waals surface area contributed by atoms with E-state index in [2.05, 4.69) is 0 Å². The van der Waals surface area contributed by atoms with Crippen LogP contribution in [0.5, 0.6) is 0 Å². The van der Waals surface area contributed by atoms with E-state index in [9.17, 15) is 8.42 Å². The van der Waals surface area contributed by atoms with Gasteiger partial charge in [-0.15, -0.1) is 0 Å². The number of hydrogen-bond acceptors (Lipinski definition) is 2. The Kier molecular flexibility index (Phi) is 3.39. The maximum atomic E-state index is 12.9. The second kappa shape index (κ2) is 4.91. The highest BCUT2D eigenvalue weighted by atomic mass is 32.2. The van der Waals surface area contributed by atoms with Crippen molar-refractivity contribution in [3.05, 3.63) is 29.8 Å². The molecule has 19 heavy (non-hydrogen) atoms. The summed E-state index contributed by atoms with van der Waals surface area (Å²) in [7, 11) is -3.31. The fourth-order valence-corrected chi connectivity index (χ4v) is 5.11. The first kappa shape index (κ1) is 13.1. The van der Waals surface area contributed by atoms with Crippen molar-refractivity contribution < 1.29 is 8.42 Å². The van der Waals surface area contributed by atoms with Gasteiger partial charge in [0.05, 0.1) is 4.90 Å². The summed E-state index contributed by atoms with van der Waals surface area (Å²) in [5, 5.41) is 0. The fraction of sp³-hybridized carbons (Fsp3) is 0.600. The molecule has 2 saturated carbocycles. The lowest BCUT2D eigenvalue weighted by Gasteiger charge is -2.28. The normalized spacial score (nSPS) is 21.2. The van der Waals surface area contributed by atoms with Crippen LogP contribution in [0.3, 0.4) is 0 Å². The highest BCUT2D eigenvalue weighted by Gasteiger charge is 2.43. The van der Waals surface area contributed by atoms with Crippen molar-refractivity contribution in [3.63, 3.8) is 0 Å². The second-order valence-corrected chi connectivity index (χ2v) is 7.66. The Hall–Kier alpha value is -0.870. The van der Waals surface area contributed by atoms with Gasteiger partial charge < -0.3 is 0 Å². The van der Waals surface area contributed by atoms with Crippen LogP contribution in [0.4, 0.5) is 0 Å². The summed E-state index contributed by atoms with van der Waals surface area (Å²) in [6.07, 6.45) is 6.45. The number of benzene rings is 1. The van der Waals surface area contributed by atoms with Gasteiger partial charge in [-0.25, -0.2) is 8.42 Å². The van der Waals surface area contributed by atoms with Crippen LogP contribution >= 0.6 is 0 Å². The lowest BCUT2D eigenvalue weighted by atomic mass is 10.2. The molecule has 1 aromatic rings. The Labute approximate surface area is 115 Å². The van der Waals surface area contributed by atoms with Gasteiger partial charge in [-0.1, -0.05) is 25.0 Å². The predicted octanol–water partition coefficient (Wildman–Crippen LogP) is 3.09. The first-order chi connectivity index (χ1) is 9.09. The van der Waals surface area contributed by atoms with E-state index < -0.39 is 10.0 Å². The molecule has 1 aromatic carbocycles. The molecule has 0 amide bonds. The molecule has 0 N–H and O–H groups in total. The molecule has 3 nitrogen and oxygen atoms in total. The summed E-state index contributed by atoms with van der Waals surface area (Å²) < 4.78 is 27.6. The largest absolute Gasteiger partial charge is 0.243 e. The Balaban J connectivity index is 1.96. The Morgan fingerprint density at radius 1 is 1.05 bits per heavy atom. The van der Waals surface area contributed by atoms with Gasteiger partial charge in [-0.2, -0.15) is 4.31 Å². The molecule has 0 atom stereocenters. The highest BCUT2D eigenvalue weighted by Crippen LogP contribution is 2.38. The summed E-state index contributed by atoms with van der Waals surface area (Å²) >= 11 is 0. The fourth-order valence-electron chi connectivity index (χ4n) is 3.08. The highest BCUT2D eigenvalue weighted by molar-refractivity contribution is 7.89. The van der Waals surface area contributed by atoms with E-state index >= 15 is 0 Å². The minimum absolute atomic E-state index is 0.234. The van der Waals surface area contributed by atoms with Crippen LogP contribution in [0.15, 0.2) is 29.2 Å². The van der Waals surface area contributed by atoms with E-state index in [0.29, 0.717) is 4.90 Å². The number of rotatable bonds is 4. The predicted molar refractivity (Wildman–Crippen MR) is 75.5 cm³/mol. The number of sulfonamides is 1. The molecule has 0 aliphatic heterocycles. The molecular weight excluding hydrogens is 258 g/mol. The quantitative estimate of drug-likeness (QED) is 0.849. The summed E-state index contributed by atoms with van der Waals surface area (Å²) in [4.78, 5) is 0.464. The molecule has 104 valence electrons. The van der Waals surface area contributed by atoms with Gasteiger partial charge in [0.15, 0.2) is 0 Å². The van der Waals surface area contributed by atoms with Gasteiger partial charge in [0.1, 0.15) is 0 Å². The average molecular weight is 279 g/mol. The smallest absolute Gasteiger partial charge is 0.207 e. The van der Waals surface area contributed by atoms with Crippen molar-refractivity contribution in [1.29, 1.82) is 0 Å². The molecule has 2 aliphatic carbocycles. The van der Waals surface area contributed by atoms with Gasteiger partial charge in [0.2, 0.25) is 10.0 Å². The zero-order valence-corrected chi connectivity index (χ0v) is 12.2. The summed E-state index contributed by atoms with van der Waals surface area (Å²) in [5.74, 6) is 0. The molecule has 0 aromatic heterocycles.